The van der Waals surface area contributed by atoms with Gasteiger partial charge >= 0.3 is 0 Å². The van der Waals surface area contributed by atoms with Crippen molar-refractivity contribution >= 4 is 0 Å². The van der Waals surface area contributed by atoms with Crippen molar-refractivity contribution in [3.05, 3.63) is 4.91 Å². The maximum Gasteiger partial charge on any atom is 0.129 e. The van der Waals surface area contributed by atoms with Crippen molar-refractivity contribution in [3.63, 3.8) is 0 Å². The van der Waals surface area contributed by atoms with Crippen molar-refractivity contribution in [2.45, 2.75) is 12.3 Å². The Morgan fingerprint density at radius 2 is 1.92 bits per heavy atom. The van der Waals surface area contributed by atoms with Crippen molar-refractivity contribution in [1.29, 1.82) is 0 Å². The van der Waals surface area contributed by atoms with Gasteiger partial charge in [0.2, 0.25) is 0 Å². The highest BCUT2D eigenvalue weighted by Gasteiger charge is 2.32. The van der Waals surface area contributed by atoms with E-state index >= 15 is 0 Å². The molecule has 2 aliphatic heterocycles. The second-order valence-electron chi connectivity index (χ2n) is 3.03. The fourth-order valence-corrected chi connectivity index (χ4v) is 1.70. The van der Waals surface area contributed by atoms with Crippen molar-refractivity contribution < 1.29 is 0 Å². The van der Waals surface area contributed by atoms with E-state index in [9.17, 15) is 4.91 Å². The largest absolute Gasteiger partial charge is 0.298 e. The van der Waals surface area contributed by atoms with Crippen molar-refractivity contribution in [1.82, 2.24) is 21.0 Å². The zero-order chi connectivity index (χ0) is 8.39. The van der Waals surface area contributed by atoms with Crippen LogP contribution in [0, 0.1) is 4.91 Å². The molecule has 68 valence electrons. The molecule has 0 bridgehead atoms. The van der Waals surface area contributed by atoms with E-state index in [4.69, 9.17) is 0 Å². The van der Waals surface area contributed by atoms with Crippen LogP contribution < -0.4 is 16.0 Å². The van der Waals surface area contributed by atoms with Crippen LogP contribution in [0.3, 0.4) is 0 Å². The van der Waals surface area contributed by atoms with Crippen LogP contribution in [0.4, 0.5) is 0 Å². The van der Waals surface area contributed by atoms with E-state index in [-0.39, 0.29) is 12.3 Å². The Hall–Kier alpha value is -0.720. The summed E-state index contributed by atoms with van der Waals surface area (Å²) in [5.74, 6) is 0. The normalized spacial score (nSPS) is 35.8. The first-order valence-electron chi connectivity index (χ1n) is 4.22. The molecule has 0 aromatic heterocycles. The molecule has 6 heteroatoms. The standard InChI is InChI=1S/C6H13N5O/c12-10-11-4-3-8-5-6(11)9-2-1-7-5/h5-9H,1-4H2/t5-,6-/m1/s1. The summed E-state index contributed by atoms with van der Waals surface area (Å²) in [5, 5.41) is 14.3. The molecule has 2 fully saturated rings. The molecule has 0 aromatic carbocycles. The minimum atomic E-state index is 0.0185. The molecular weight excluding hydrogens is 158 g/mol. The predicted octanol–water partition coefficient (Wildman–Crippen LogP) is -1.58. The Balaban J connectivity index is 2.03. The minimum Gasteiger partial charge on any atom is -0.298 e. The highest BCUT2D eigenvalue weighted by molar-refractivity contribution is 4.87. The molecule has 2 heterocycles. The molecular formula is C6H13N5O. The van der Waals surface area contributed by atoms with Gasteiger partial charge in [0.25, 0.3) is 0 Å². The molecule has 2 aliphatic rings. The molecule has 12 heavy (non-hydrogen) atoms. The molecule has 2 saturated heterocycles. The first-order valence-corrected chi connectivity index (χ1v) is 4.22. The lowest BCUT2D eigenvalue weighted by molar-refractivity contribution is 0.0636. The molecule has 0 unspecified atom stereocenters. The number of piperazine rings is 2. The molecule has 2 atom stereocenters. The second-order valence-corrected chi connectivity index (χ2v) is 3.03. The summed E-state index contributed by atoms with van der Waals surface area (Å²) in [5.41, 5.74) is 0. The Kier molecular flexibility index (Phi) is 2.20. The van der Waals surface area contributed by atoms with Crippen LogP contribution in [0.5, 0.6) is 0 Å². The SMILES string of the molecule is O=NN1CCN[C@H]2NCCN[C@@H]21. The molecule has 0 aliphatic carbocycles. The van der Waals surface area contributed by atoms with Gasteiger partial charge in [-0.1, -0.05) is 0 Å². The average molecular weight is 171 g/mol. The zero-order valence-electron chi connectivity index (χ0n) is 6.79. The van der Waals surface area contributed by atoms with Crippen LogP contribution >= 0.6 is 0 Å². The predicted molar refractivity (Wildman–Crippen MR) is 44.1 cm³/mol. The monoisotopic (exact) mass is 171 g/mol. The Bertz CT molecular complexity index is 173. The quantitative estimate of drug-likeness (QED) is 0.415. The Morgan fingerprint density at radius 3 is 2.75 bits per heavy atom. The van der Waals surface area contributed by atoms with E-state index < -0.39 is 0 Å². The minimum absolute atomic E-state index is 0.0185. The number of nitrogens with one attached hydrogen (secondary N) is 3. The van der Waals surface area contributed by atoms with Gasteiger partial charge in [-0.3, -0.25) is 16.0 Å². The van der Waals surface area contributed by atoms with Crippen LogP contribution in [-0.4, -0.2) is 43.5 Å². The average Bonchev–Trinajstić information content (AvgIpc) is 2.17. The van der Waals surface area contributed by atoms with Gasteiger partial charge in [-0.2, -0.15) is 0 Å². The smallest absolute Gasteiger partial charge is 0.129 e. The lowest BCUT2D eigenvalue weighted by atomic mass is 10.2. The van der Waals surface area contributed by atoms with Crippen molar-refractivity contribution in [2.75, 3.05) is 26.2 Å². The number of nitroso groups, excluding NO2 is 1. The van der Waals surface area contributed by atoms with Crippen LogP contribution in [-0.2, 0) is 0 Å². The maximum atomic E-state index is 10.4. The van der Waals surface area contributed by atoms with Gasteiger partial charge in [0.1, 0.15) is 6.17 Å². The summed E-state index contributed by atoms with van der Waals surface area (Å²) in [6.45, 7) is 3.30. The molecule has 0 aromatic rings. The fraction of sp³-hybridized carbons (Fsp3) is 1.00. The third-order valence-corrected chi connectivity index (χ3v) is 2.29. The van der Waals surface area contributed by atoms with Crippen molar-refractivity contribution in [3.8, 4) is 0 Å². The molecule has 0 amide bonds. The Labute approximate surface area is 70.6 Å². The topological polar surface area (TPSA) is 68.8 Å². The third kappa shape index (κ3) is 1.28. The lowest BCUT2D eigenvalue weighted by Gasteiger charge is -2.42. The third-order valence-electron chi connectivity index (χ3n) is 2.29. The van der Waals surface area contributed by atoms with Crippen LogP contribution in [0.15, 0.2) is 5.29 Å². The summed E-state index contributed by atoms with van der Waals surface area (Å²) < 4.78 is 0. The van der Waals surface area contributed by atoms with Gasteiger partial charge in [0, 0.05) is 19.6 Å². The summed E-state index contributed by atoms with van der Waals surface area (Å²) in [4.78, 5) is 10.4. The highest BCUT2D eigenvalue weighted by Crippen LogP contribution is 2.07. The van der Waals surface area contributed by atoms with Crippen molar-refractivity contribution in [2.24, 2.45) is 5.29 Å². The van der Waals surface area contributed by atoms with Gasteiger partial charge in [-0.05, 0) is 0 Å². The van der Waals surface area contributed by atoms with Gasteiger partial charge in [0.05, 0.1) is 18.0 Å². The van der Waals surface area contributed by atoms with E-state index in [1.807, 2.05) is 0 Å². The van der Waals surface area contributed by atoms with Crippen LogP contribution in [0.25, 0.3) is 0 Å². The van der Waals surface area contributed by atoms with Crippen LogP contribution in [0.1, 0.15) is 0 Å². The lowest BCUT2D eigenvalue weighted by Crippen LogP contribution is -2.70. The summed E-state index contributed by atoms with van der Waals surface area (Å²) in [6.07, 6.45) is 0.176. The van der Waals surface area contributed by atoms with E-state index in [2.05, 4.69) is 21.2 Å². The molecule has 0 saturated carbocycles. The van der Waals surface area contributed by atoms with Gasteiger partial charge < -0.3 is 0 Å². The molecule has 0 spiro atoms. The second kappa shape index (κ2) is 3.34. The summed E-state index contributed by atoms with van der Waals surface area (Å²) in [7, 11) is 0. The van der Waals surface area contributed by atoms with E-state index in [1.165, 1.54) is 0 Å². The number of rotatable bonds is 1. The van der Waals surface area contributed by atoms with Gasteiger partial charge in [0.15, 0.2) is 0 Å². The first kappa shape index (κ1) is 7.90. The number of hydrogen-bond acceptors (Lipinski definition) is 5. The number of hydrogen-bond donors (Lipinski definition) is 3. The van der Waals surface area contributed by atoms with E-state index in [0.717, 1.165) is 19.6 Å². The highest BCUT2D eigenvalue weighted by atomic mass is 16.3. The number of nitrogens with zero attached hydrogens (tertiary/aromatic N) is 2. The van der Waals surface area contributed by atoms with Gasteiger partial charge in [-0.15, -0.1) is 4.91 Å². The first-order chi connectivity index (χ1) is 5.92. The number of fused-ring (bicyclic) bond motifs is 1. The summed E-state index contributed by atoms with van der Waals surface area (Å²) >= 11 is 0. The maximum absolute atomic E-state index is 10.4. The molecule has 3 N–H and O–H groups in total. The van der Waals surface area contributed by atoms with Gasteiger partial charge in [-0.25, -0.2) is 5.01 Å². The molecule has 6 nitrogen and oxygen atoms in total. The van der Waals surface area contributed by atoms with Crippen LogP contribution in [0.2, 0.25) is 0 Å². The zero-order valence-corrected chi connectivity index (χ0v) is 6.79. The Morgan fingerprint density at radius 1 is 1.17 bits per heavy atom. The van der Waals surface area contributed by atoms with E-state index in [0.29, 0.717) is 6.54 Å². The summed E-state index contributed by atoms with van der Waals surface area (Å²) in [6, 6.07) is 0. The van der Waals surface area contributed by atoms with E-state index in [1.54, 1.807) is 5.01 Å². The molecule has 2 rings (SSSR count). The molecule has 0 radical (unpaired) electrons. The fourth-order valence-electron chi connectivity index (χ4n) is 1.70.